The van der Waals surface area contributed by atoms with E-state index in [2.05, 4.69) is 21.3 Å². The Morgan fingerprint density at radius 3 is 2.30 bits per heavy atom. The van der Waals surface area contributed by atoms with Gasteiger partial charge in [-0.2, -0.15) is 17.0 Å². The third kappa shape index (κ3) is 11.4. The van der Waals surface area contributed by atoms with Gasteiger partial charge in [0.1, 0.15) is 23.6 Å². The summed E-state index contributed by atoms with van der Waals surface area (Å²) in [5.74, 6) is -0.667. The minimum absolute atomic E-state index is 0.0233. The molecule has 2 aliphatic rings. The van der Waals surface area contributed by atoms with Gasteiger partial charge in [0.2, 0.25) is 17.7 Å². The summed E-state index contributed by atoms with van der Waals surface area (Å²) in [5.41, 5.74) is 1.87. The Morgan fingerprint density at radius 1 is 0.868 bits per heavy atom. The molecule has 0 radical (unpaired) electrons. The number of hydrogen-bond acceptors (Lipinski definition) is 9. The van der Waals surface area contributed by atoms with Crippen LogP contribution in [0.5, 0.6) is 23.0 Å². The molecule has 15 nitrogen and oxygen atoms in total. The second-order valence-electron chi connectivity index (χ2n) is 12.6. The van der Waals surface area contributed by atoms with Crippen LogP contribution in [0.4, 0.5) is 0 Å². The Kier molecular flexibility index (Phi) is 14.6. The number of carbonyl (C=O) groups is 4. The van der Waals surface area contributed by atoms with Crippen molar-refractivity contribution in [3.8, 4) is 23.0 Å². The van der Waals surface area contributed by atoms with Crippen molar-refractivity contribution in [3.63, 3.8) is 0 Å². The summed E-state index contributed by atoms with van der Waals surface area (Å²) < 4.78 is 45.6. The minimum atomic E-state index is -4.04. The van der Waals surface area contributed by atoms with Crippen molar-refractivity contribution in [3.05, 3.63) is 83.4 Å². The fourth-order valence-corrected chi connectivity index (χ4v) is 6.62. The summed E-state index contributed by atoms with van der Waals surface area (Å²) in [5, 5.41) is 11.0. The quantitative estimate of drug-likeness (QED) is 0.263. The van der Waals surface area contributed by atoms with Crippen LogP contribution in [-0.4, -0.2) is 101 Å². The summed E-state index contributed by atoms with van der Waals surface area (Å²) in [6.45, 7) is 1.24. The van der Waals surface area contributed by atoms with Crippen LogP contribution in [0.25, 0.3) is 0 Å². The molecule has 286 valence electrons. The highest BCUT2D eigenvalue weighted by Gasteiger charge is 2.30. The molecule has 0 saturated heterocycles. The number of aryl methyl sites for hydroxylation is 1. The number of carbonyl (C=O) groups excluding carboxylic acids is 4. The first-order valence-electron chi connectivity index (χ1n) is 17.2. The third-order valence-corrected chi connectivity index (χ3v) is 10.4. The number of ether oxygens (including phenoxy) is 3. The Balaban J connectivity index is 1.62. The second-order valence-corrected chi connectivity index (χ2v) is 14.8. The zero-order valence-electron chi connectivity index (χ0n) is 30.6. The largest absolute Gasteiger partial charge is 0.496 e. The summed E-state index contributed by atoms with van der Waals surface area (Å²) in [7, 11) is 1.65. The third-order valence-electron chi connectivity index (χ3n) is 8.56. The summed E-state index contributed by atoms with van der Waals surface area (Å²) >= 11 is 0. The van der Waals surface area contributed by atoms with Crippen LogP contribution in [0, 0.1) is 0 Å². The molecule has 16 heteroatoms. The molecule has 0 saturated carbocycles. The number of rotatable bonds is 7. The molecule has 2 aliphatic heterocycles. The second kappa shape index (κ2) is 19.0. The molecule has 0 aliphatic carbocycles. The van der Waals surface area contributed by atoms with Crippen LogP contribution in [0.15, 0.2) is 66.7 Å². The summed E-state index contributed by atoms with van der Waals surface area (Å²) in [6.07, 6.45) is 1.35. The maximum Gasteiger partial charge on any atom is 0.281 e. The van der Waals surface area contributed by atoms with E-state index in [-0.39, 0.29) is 37.7 Å². The van der Waals surface area contributed by atoms with Crippen molar-refractivity contribution in [1.82, 2.24) is 29.9 Å². The standard InChI is InChI=1S/C37H48N6O9S/c1-25-35(45)39-23-28-14-16-29(22-32(28)51-5)52-33-21-27(15-18-31(33)50-4)36(46)38-19-9-10-20-43(53(48,49)42(2)3)24-34(44)41-30(37(47)40-25)17-13-26-11-7-6-8-12-26/h6-8,11-12,14-16,18,21-22,25,30H,9-10,13,17,19-20,23-24H2,1-5H3,(H,38,46)(H,39,45)(H,40,47)(H,41,44)/t25-,30-/m0/s1. The van der Waals surface area contributed by atoms with Crippen LogP contribution < -0.4 is 35.5 Å². The van der Waals surface area contributed by atoms with E-state index in [1.807, 2.05) is 30.3 Å². The lowest BCUT2D eigenvalue weighted by molar-refractivity contribution is -0.132. The van der Waals surface area contributed by atoms with Gasteiger partial charge >= 0.3 is 0 Å². The molecule has 3 aromatic rings. The van der Waals surface area contributed by atoms with E-state index < -0.39 is 46.6 Å². The average Bonchev–Trinajstić information content (AvgIpc) is 3.14. The SMILES string of the molecule is COc1cc2ccc1CNC(=O)[C@H](C)NC(=O)[C@H](CCc1ccccc1)NC(=O)CN(S(=O)(=O)N(C)C)CCCCNC(=O)c1ccc(OC)c(c1)O2. The Morgan fingerprint density at radius 2 is 1.60 bits per heavy atom. The summed E-state index contributed by atoms with van der Waals surface area (Å²) in [6, 6.07) is 17.1. The van der Waals surface area contributed by atoms with Gasteiger partial charge in [-0.1, -0.05) is 30.3 Å². The predicted molar refractivity (Wildman–Crippen MR) is 198 cm³/mol. The van der Waals surface area contributed by atoms with Gasteiger partial charge in [-0.3, -0.25) is 19.2 Å². The van der Waals surface area contributed by atoms with Crippen LogP contribution in [0.2, 0.25) is 0 Å². The fraction of sp³-hybridized carbons (Fsp3) is 0.405. The van der Waals surface area contributed by atoms with Crippen LogP contribution >= 0.6 is 0 Å². The van der Waals surface area contributed by atoms with Crippen molar-refractivity contribution in [2.75, 3.05) is 47.9 Å². The monoisotopic (exact) mass is 752 g/mol. The lowest BCUT2D eigenvalue weighted by Crippen LogP contribution is -2.54. The molecule has 2 atom stereocenters. The van der Waals surface area contributed by atoms with Gasteiger partial charge < -0.3 is 35.5 Å². The molecular weight excluding hydrogens is 705 g/mol. The van der Waals surface area contributed by atoms with Gasteiger partial charge in [-0.25, -0.2) is 0 Å². The van der Waals surface area contributed by atoms with E-state index in [9.17, 15) is 27.6 Å². The van der Waals surface area contributed by atoms with Crippen molar-refractivity contribution in [2.45, 2.75) is 51.2 Å². The number of fused-ring (bicyclic) bond motifs is 18. The topological polar surface area (TPSA) is 185 Å². The molecule has 4 N–H and O–H groups in total. The lowest BCUT2D eigenvalue weighted by Gasteiger charge is -2.26. The van der Waals surface area contributed by atoms with Gasteiger partial charge in [0.05, 0.1) is 20.8 Å². The number of nitrogens with zero attached hydrogens (tertiary/aromatic N) is 2. The number of hydrogen-bond donors (Lipinski definition) is 4. The van der Waals surface area contributed by atoms with E-state index in [0.29, 0.717) is 47.6 Å². The first-order valence-corrected chi connectivity index (χ1v) is 18.6. The molecule has 0 aromatic heterocycles. The lowest BCUT2D eigenvalue weighted by atomic mass is 10.0. The van der Waals surface area contributed by atoms with Gasteiger partial charge in [-0.05, 0) is 68.5 Å². The van der Waals surface area contributed by atoms with E-state index in [0.717, 1.165) is 14.2 Å². The Bertz CT molecular complexity index is 1860. The molecule has 3 aromatic carbocycles. The van der Waals surface area contributed by atoms with E-state index in [4.69, 9.17) is 14.2 Å². The van der Waals surface area contributed by atoms with Crippen molar-refractivity contribution < 1.29 is 41.8 Å². The molecule has 0 unspecified atom stereocenters. The number of amides is 4. The van der Waals surface area contributed by atoms with Crippen molar-refractivity contribution in [2.24, 2.45) is 0 Å². The maximum atomic E-state index is 13.6. The van der Waals surface area contributed by atoms with E-state index in [1.54, 1.807) is 36.4 Å². The average molecular weight is 753 g/mol. The normalized spacial score (nSPS) is 18.8. The first-order chi connectivity index (χ1) is 25.3. The Labute approximate surface area is 310 Å². The molecule has 0 fully saturated rings. The molecule has 4 amide bonds. The molecular formula is C37H48N6O9S. The highest BCUT2D eigenvalue weighted by atomic mass is 32.2. The molecule has 53 heavy (non-hydrogen) atoms. The predicted octanol–water partition coefficient (Wildman–Crippen LogP) is 2.37. The van der Waals surface area contributed by atoms with E-state index >= 15 is 0 Å². The summed E-state index contributed by atoms with van der Waals surface area (Å²) in [4.78, 5) is 53.2. The van der Waals surface area contributed by atoms with Gasteiger partial charge in [0, 0.05) is 50.9 Å². The van der Waals surface area contributed by atoms with Crippen LogP contribution in [0.1, 0.15) is 47.7 Å². The zero-order valence-corrected chi connectivity index (χ0v) is 31.5. The number of benzene rings is 3. The number of methoxy groups -OCH3 is 2. The van der Waals surface area contributed by atoms with Gasteiger partial charge in [0.15, 0.2) is 11.5 Å². The maximum absolute atomic E-state index is 13.6. The fourth-order valence-electron chi connectivity index (χ4n) is 5.52. The van der Waals surface area contributed by atoms with E-state index in [1.165, 1.54) is 35.2 Å². The molecule has 0 spiro atoms. The van der Waals surface area contributed by atoms with Crippen molar-refractivity contribution >= 4 is 33.8 Å². The zero-order chi connectivity index (χ0) is 38.5. The first kappa shape index (κ1) is 40.6. The van der Waals surface area contributed by atoms with Crippen LogP contribution in [0.3, 0.4) is 0 Å². The van der Waals surface area contributed by atoms with Gasteiger partial charge in [0.25, 0.3) is 16.1 Å². The van der Waals surface area contributed by atoms with Gasteiger partial charge in [-0.15, -0.1) is 0 Å². The smallest absolute Gasteiger partial charge is 0.281 e. The molecule has 2 heterocycles. The highest BCUT2D eigenvalue weighted by molar-refractivity contribution is 7.86. The van der Waals surface area contributed by atoms with Crippen molar-refractivity contribution in [1.29, 1.82) is 0 Å². The highest BCUT2D eigenvalue weighted by Crippen LogP contribution is 2.35. The minimum Gasteiger partial charge on any atom is -0.496 e. The molecule has 4 bridgehead atoms. The Hall–Kier alpha value is -5.19. The number of nitrogens with one attached hydrogen (secondary N) is 4. The van der Waals surface area contributed by atoms with Crippen LogP contribution in [-0.2, 0) is 37.6 Å². The molecule has 5 rings (SSSR count).